The Morgan fingerprint density at radius 2 is 1.78 bits per heavy atom. The van der Waals surface area contributed by atoms with E-state index in [1.807, 2.05) is 20.8 Å². The van der Waals surface area contributed by atoms with Crippen LogP contribution in [0.15, 0.2) is 24.3 Å². The first-order chi connectivity index (χ1) is 10.8. The zero-order valence-corrected chi connectivity index (χ0v) is 14.6. The van der Waals surface area contributed by atoms with Gasteiger partial charge in [0, 0.05) is 18.4 Å². The third kappa shape index (κ3) is 5.38. The lowest BCUT2D eigenvalue weighted by atomic mass is 9.96. The molecule has 1 aromatic rings. The molecule has 0 bridgehead atoms. The summed E-state index contributed by atoms with van der Waals surface area (Å²) in [4.78, 5) is 24.0. The SMILES string of the molecule is Cc1ccc(C(NC(=O)CCNC(=O)C(C)(C)C)C2CC2)cc1. The van der Waals surface area contributed by atoms with Gasteiger partial charge in [0.15, 0.2) is 0 Å². The van der Waals surface area contributed by atoms with Crippen LogP contribution in [-0.4, -0.2) is 18.4 Å². The molecule has 1 aliphatic rings. The molecule has 2 rings (SSSR count). The van der Waals surface area contributed by atoms with Gasteiger partial charge in [-0.1, -0.05) is 50.6 Å². The molecule has 0 spiro atoms. The van der Waals surface area contributed by atoms with Crippen LogP contribution in [0.1, 0.15) is 57.2 Å². The summed E-state index contributed by atoms with van der Waals surface area (Å²) in [7, 11) is 0. The van der Waals surface area contributed by atoms with Crippen LogP contribution in [0.25, 0.3) is 0 Å². The molecule has 4 heteroatoms. The largest absolute Gasteiger partial charge is 0.355 e. The average Bonchev–Trinajstić information content (AvgIpc) is 3.29. The number of carbonyl (C=O) groups is 2. The lowest BCUT2D eigenvalue weighted by Crippen LogP contribution is -2.38. The topological polar surface area (TPSA) is 58.2 Å². The summed E-state index contributed by atoms with van der Waals surface area (Å²) in [5.41, 5.74) is 1.97. The molecule has 1 saturated carbocycles. The van der Waals surface area contributed by atoms with Crippen molar-refractivity contribution in [1.29, 1.82) is 0 Å². The zero-order valence-electron chi connectivity index (χ0n) is 14.6. The number of benzene rings is 1. The minimum Gasteiger partial charge on any atom is -0.355 e. The first kappa shape index (κ1) is 17.5. The van der Waals surface area contributed by atoms with Gasteiger partial charge < -0.3 is 10.6 Å². The molecular formula is C19H28N2O2. The van der Waals surface area contributed by atoms with E-state index in [0.717, 1.165) is 0 Å². The summed E-state index contributed by atoms with van der Waals surface area (Å²) in [6.45, 7) is 8.04. The highest BCUT2D eigenvalue weighted by Crippen LogP contribution is 2.41. The van der Waals surface area contributed by atoms with Crippen LogP contribution in [0.5, 0.6) is 0 Å². The van der Waals surface area contributed by atoms with Gasteiger partial charge in [-0.2, -0.15) is 0 Å². The molecule has 1 aliphatic carbocycles. The quantitative estimate of drug-likeness (QED) is 0.847. The predicted molar refractivity (Wildman–Crippen MR) is 91.9 cm³/mol. The minimum absolute atomic E-state index is 0.00307. The molecule has 126 valence electrons. The van der Waals surface area contributed by atoms with E-state index < -0.39 is 5.41 Å². The van der Waals surface area contributed by atoms with E-state index in [-0.39, 0.29) is 17.9 Å². The summed E-state index contributed by atoms with van der Waals surface area (Å²) in [5.74, 6) is 0.519. The van der Waals surface area contributed by atoms with Crippen LogP contribution in [0, 0.1) is 18.3 Å². The van der Waals surface area contributed by atoms with E-state index in [2.05, 4.69) is 41.8 Å². The number of amides is 2. The van der Waals surface area contributed by atoms with Crippen molar-refractivity contribution in [2.24, 2.45) is 11.3 Å². The van der Waals surface area contributed by atoms with Crippen molar-refractivity contribution in [2.45, 2.75) is 53.0 Å². The number of aryl methyl sites for hydroxylation is 1. The van der Waals surface area contributed by atoms with Crippen molar-refractivity contribution in [3.8, 4) is 0 Å². The highest BCUT2D eigenvalue weighted by molar-refractivity contribution is 5.82. The Kier molecular flexibility index (Phi) is 5.45. The molecule has 0 heterocycles. The monoisotopic (exact) mass is 316 g/mol. The summed E-state index contributed by atoms with van der Waals surface area (Å²) >= 11 is 0. The summed E-state index contributed by atoms with van der Waals surface area (Å²) < 4.78 is 0. The Hall–Kier alpha value is -1.84. The fraction of sp³-hybridized carbons (Fsp3) is 0.579. The Bertz CT molecular complexity index is 554. The molecule has 0 saturated heterocycles. The molecule has 1 aromatic carbocycles. The maximum atomic E-state index is 12.2. The number of hydrogen-bond acceptors (Lipinski definition) is 2. The van der Waals surface area contributed by atoms with Gasteiger partial charge in [0.1, 0.15) is 0 Å². The molecular weight excluding hydrogens is 288 g/mol. The highest BCUT2D eigenvalue weighted by Gasteiger charge is 2.33. The molecule has 23 heavy (non-hydrogen) atoms. The first-order valence-electron chi connectivity index (χ1n) is 8.41. The van der Waals surface area contributed by atoms with E-state index in [9.17, 15) is 9.59 Å². The lowest BCUT2D eigenvalue weighted by Gasteiger charge is -2.20. The molecule has 0 aromatic heterocycles. The van der Waals surface area contributed by atoms with E-state index in [1.165, 1.54) is 24.0 Å². The fourth-order valence-electron chi connectivity index (χ4n) is 2.48. The predicted octanol–water partition coefficient (Wildman–Crippen LogP) is 3.11. The van der Waals surface area contributed by atoms with Crippen LogP contribution >= 0.6 is 0 Å². The smallest absolute Gasteiger partial charge is 0.225 e. The Morgan fingerprint density at radius 1 is 1.17 bits per heavy atom. The van der Waals surface area contributed by atoms with Gasteiger partial charge in [-0.15, -0.1) is 0 Å². The molecule has 1 atom stereocenters. The third-order valence-corrected chi connectivity index (χ3v) is 4.17. The number of rotatable bonds is 6. The van der Waals surface area contributed by atoms with Crippen molar-refractivity contribution in [3.63, 3.8) is 0 Å². The van der Waals surface area contributed by atoms with Crippen molar-refractivity contribution >= 4 is 11.8 Å². The number of nitrogens with one attached hydrogen (secondary N) is 2. The van der Waals surface area contributed by atoms with Crippen LogP contribution in [-0.2, 0) is 9.59 Å². The summed E-state index contributed by atoms with van der Waals surface area (Å²) in [5, 5.41) is 5.96. The molecule has 1 fully saturated rings. The maximum absolute atomic E-state index is 12.2. The Balaban J connectivity index is 1.85. The van der Waals surface area contributed by atoms with Crippen molar-refractivity contribution in [3.05, 3.63) is 35.4 Å². The third-order valence-electron chi connectivity index (χ3n) is 4.17. The summed E-state index contributed by atoms with van der Waals surface area (Å²) in [6, 6.07) is 8.46. The van der Waals surface area contributed by atoms with Crippen molar-refractivity contribution in [1.82, 2.24) is 10.6 Å². The van der Waals surface area contributed by atoms with Gasteiger partial charge >= 0.3 is 0 Å². The minimum atomic E-state index is -0.422. The van der Waals surface area contributed by atoms with Crippen LogP contribution in [0.3, 0.4) is 0 Å². The van der Waals surface area contributed by atoms with Gasteiger partial charge in [-0.25, -0.2) is 0 Å². The normalized spacial score (nSPS) is 15.8. The fourth-order valence-corrected chi connectivity index (χ4v) is 2.48. The summed E-state index contributed by atoms with van der Waals surface area (Å²) in [6.07, 6.45) is 2.65. The second-order valence-corrected chi connectivity index (χ2v) is 7.55. The second kappa shape index (κ2) is 7.16. The van der Waals surface area contributed by atoms with Crippen molar-refractivity contribution < 1.29 is 9.59 Å². The Morgan fingerprint density at radius 3 is 2.30 bits per heavy atom. The van der Waals surface area contributed by atoms with E-state index in [1.54, 1.807) is 0 Å². The lowest BCUT2D eigenvalue weighted by molar-refractivity contribution is -0.128. The van der Waals surface area contributed by atoms with E-state index >= 15 is 0 Å². The van der Waals surface area contributed by atoms with Gasteiger partial charge in [-0.3, -0.25) is 9.59 Å². The van der Waals surface area contributed by atoms with Crippen LogP contribution in [0.2, 0.25) is 0 Å². The first-order valence-corrected chi connectivity index (χ1v) is 8.41. The standard InChI is InChI=1S/C19H28N2O2/c1-13-5-7-14(8-6-13)17(15-9-10-15)21-16(22)11-12-20-18(23)19(2,3)4/h5-8,15,17H,9-12H2,1-4H3,(H,20,23)(H,21,22). The van der Waals surface area contributed by atoms with Crippen LogP contribution < -0.4 is 10.6 Å². The van der Waals surface area contributed by atoms with Crippen LogP contribution in [0.4, 0.5) is 0 Å². The molecule has 0 aliphatic heterocycles. The van der Waals surface area contributed by atoms with Crippen molar-refractivity contribution in [2.75, 3.05) is 6.54 Å². The highest BCUT2D eigenvalue weighted by atomic mass is 16.2. The molecule has 2 amide bonds. The number of hydrogen-bond donors (Lipinski definition) is 2. The zero-order chi connectivity index (χ0) is 17.0. The molecule has 4 nitrogen and oxygen atoms in total. The van der Waals surface area contributed by atoms with Gasteiger partial charge in [-0.05, 0) is 31.2 Å². The van der Waals surface area contributed by atoms with Gasteiger partial charge in [0.05, 0.1) is 6.04 Å². The second-order valence-electron chi connectivity index (χ2n) is 7.55. The Labute approximate surface area is 139 Å². The molecule has 1 unspecified atom stereocenters. The van der Waals surface area contributed by atoms with Gasteiger partial charge in [0.25, 0.3) is 0 Å². The number of carbonyl (C=O) groups excluding carboxylic acids is 2. The van der Waals surface area contributed by atoms with Gasteiger partial charge in [0.2, 0.25) is 11.8 Å². The molecule has 2 N–H and O–H groups in total. The van der Waals surface area contributed by atoms with E-state index in [4.69, 9.17) is 0 Å². The molecule has 0 radical (unpaired) electrons. The average molecular weight is 316 g/mol. The maximum Gasteiger partial charge on any atom is 0.225 e. The van der Waals surface area contributed by atoms with E-state index in [0.29, 0.717) is 18.9 Å².